The first-order valence-electron chi connectivity index (χ1n) is 9.33. The van der Waals surface area contributed by atoms with Gasteiger partial charge in [-0.1, -0.05) is 44.6 Å². The summed E-state index contributed by atoms with van der Waals surface area (Å²) in [4.78, 5) is 2.75. The topological polar surface area (TPSA) is 23.5 Å². The molecule has 1 heterocycles. The van der Waals surface area contributed by atoms with Crippen LogP contribution >= 0.6 is 0 Å². The van der Waals surface area contributed by atoms with Gasteiger partial charge in [0.15, 0.2) is 0 Å². The highest BCUT2D eigenvalue weighted by atomic mass is 16.3. The fourth-order valence-corrected chi connectivity index (χ4v) is 5.70. The van der Waals surface area contributed by atoms with E-state index < -0.39 is 0 Å². The standard InChI is InChI=1S/C21H29NO/c1-4-17-18-12-15-7-6-8-19(23)20(15)21(17,5-2)9-10-22(18)13-16-11-14(16)3/h6-8,16-18,23H,3-5,9-13H2,1-2H3. The van der Waals surface area contributed by atoms with Gasteiger partial charge in [-0.3, -0.25) is 4.90 Å². The number of aromatic hydroxyl groups is 1. The van der Waals surface area contributed by atoms with Crippen molar-refractivity contribution in [3.8, 4) is 5.75 Å². The molecule has 1 saturated heterocycles. The van der Waals surface area contributed by atoms with Crippen LogP contribution in [-0.2, 0) is 11.8 Å². The van der Waals surface area contributed by atoms with E-state index in [1.165, 1.54) is 49.1 Å². The van der Waals surface area contributed by atoms with Crippen molar-refractivity contribution in [2.45, 2.75) is 57.4 Å². The van der Waals surface area contributed by atoms with Gasteiger partial charge in [0, 0.05) is 23.6 Å². The molecule has 0 amide bonds. The predicted octanol–water partition coefficient (Wildman–Crippen LogP) is 4.27. The summed E-state index contributed by atoms with van der Waals surface area (Å²) in [7, 11) is 0. The summed E-state index contributed by atoms with van der Waals surface area (Å²) in [6.45, 7) is 11.2. The molecule has 23 heavy (non-hydrogen) atoms. The Morgan fingerprint density at radius 1 is 1.30 bits per heavy atom. The van der Waals surface area contributed by atoms with Crippen LogP contribution in [0, 0.1) is 11.8 Å². The van der Waals surface area contributed by atoms with Crippen LogP contribution in [0.2, 0.25) is 0 Å². The van der Waals surface area contributed by atoms with E-state index >= 15 is 0 Å². The van der Waals surface area contributed by atoms with Gasteiger partial charge in [0.2, 0.25) is 0 Å². The number of piperidine rings is 1. The first-order chi connectivity index (χ1) is 11.1. The Morgan fingerprint density at radius 3 is 2.74 bits per heavy atom. The smallest absolute Gasteiger partial charge is 0.119 e. The van der Waals surface area contributed by atoms with Gasteiger partial charge in [0.05, 0.1) is 0 Å². The monoisotopic (exact) mass is 311 g/mol. The number of hydrogen-bond donors (Lipinski definition) is 1. The Labute approximate surface area is 140 Å². The number of phenols is 1. The lowest BCUT2D eigenvalue weighted by molar-refractivity contribution is 0.00617. The zero-order chi connectivity index (χ0) is 16.2. The maximum absolute atomic E-state index is 10.6. The van der Waals surface area contributed by atoms with Crippen LogP contribution < -0.4 is 0 Å². The van der Waals surface area contributed by atoms with E-state index in [4.69, 9.17) is 0 Å². The van der Waals surface area contributed by atoms with Crippen LogP contribution in [0.5, 0.6) is 5.75 Å². The number of phenolic OH excluding ortho intramolecular Hbond substituents is 1. The Balaban J connectivity index is 1.75. The van der Waals surface area contributed by atoms with Crippen molar-refractivity contribution in [2.24, 2.45) is 11.8 Å². The van der Waals surface area contributed by atoms with Gasteiger partial charge in [0.1, 0.15) is 5.75 Å². The summed E-state index contributed by atoms with van der Waals surface area (Å²) in [5.41, 5.74) is 4.29. The molecule has 1 saturated carbocycles. The molecule has 124 valence electrons. The lowest BCUT2D eigenvalue weighted by Crippen LogP contribution is -2.59. The second-order valence-electron chi connectivity index (χ2n) is 7.91. The van der Waals surface area contributed by atoms with Gasteiger partial charge in [0.25, 0.3) is 0 Å². The molecule has 4 atom stereocenters. The van der Waals surface area contributed by atoms with E-state index in [0.29, 0.717) is 17.7 Å². The quantitative estimate of drug-likeness (QED) is 0.839. The van der Waals surface area contributed by atoms with E-state index in [-0.39, 0.29) is 5.41 Å². The zero-order valence-corrected chi connectivity index (χ0v) is 14.5. The first-order valence-corrected chi connectivity index (χ1v) is 9.33. The Bertz CT molecular complexity index is 637. The molecule has 1 aromatic rings. The zero-order valence-electron chi connectivity index (χ0n) is 14.5. The maximum atomic E-state index is 10.6. The van der Waals surface area contributed by atoms with Crippen molar-refractivity contribution in [3.05, 3.63) is 41.5 Å². The molecule has 1 aromatic carbocycles. The number of likely N-dealkylation sites (tertiary alicyclic amines) is 1. The van der Waals surface area contributed by atoms with Crippen molar-refractivity contribution in [1.29, 1.82) is 0 Å². The molecule has 0 aromatic heterocycles. The van der Waals surface area contributed by atoms with E-state index in [9.17, 15) is 5.11 Å². The Kier molecular flexibility index (Phi) is 3.57. The largest absolute Gasteiger partial charge is 0.508 e. The molecule has 0 spiro atoms. The van der Waals surface area contributed by atoms with Crippen LogP contribution in [0.3, 0.4) is 0 Å². The Morgan fingerprint density at radius 2 is 2.09 bits per heavy atom. The SMILES string of the molecule is C=C1CC1CN1CCC2(CC)c3c(O)cccc3CC1C2CC. The molecule has 4 rings (SSSR count). The van der Waals surface area contributed by atoms with Crippen molar-refractivity contribution < 1.29 is 5.11 Å². The molecule has 2 fully saturated rings. The van der Waals surface area contributed by atoms with E-state index in [2.05, 4.69) is 31.4 Å². The van der Waals surface area contributed by atoms with Crippen LogP contribution in [0.4, 0.5) is 0 Å². The lowest BCUT2D eigenvalue weighted by atomic mass is 9.55. The normalized spacial score (nSPS) is 35.9. The highest BCUT2D eigenvalue weighted by Gasteiger charge is 2.53. The van der Waals surface area contributed by atoms with E-state index in [1.54, 1.807) is 0 Å². The number of fused-ring (bicyclic) bond motifs is 4. The lowest BCUT2D eigenvalue weighted by Gasteiger charge is -2.57. The minimum atomic E-state index is 0.176. The number of hydrogen-bond acceptors (Lipinski definition) is 2. The van der Waals surface area contributed by atoms with Crippen LogP contribution in [0.15, 0.2) is 30.4 Å². The van der Waals surface area contributed by atoms with E-state index in [1.807, 2.05) is 12.1 Å². The summed E-state index contributed by atoms with van der Waals surface area (Å²) < 4.78 is 0. The number of rotatable bonds is 4. The molecular formula is C21H29NO. The predicted molar refractivity (Wildman–Crippen MR) is 94.8 cm³/mol. The molecule has 3 aliphatic rings. The van der Waals surface area contributed by atoms with Gasteiger partial charge < -0.3 is 5.11 Å². The second kappa shape index (κ2) is 5.37. The summed E-state index contributed by atoms with van der Waals surface area (Å²) in [6.07, 6.45) is 5.85. The van der Waals surface area contributed by atoms with Crippen molar-refractivity contribution in [1.82, 2.24) is 4.90 Å². The van der Waals surface area contributed by atoms with Crippen molar-refractivity contribution in [3.63, 3.8) is 0 Å². The minimum absolute atomic E-state index is 0.176. The fourth-order valence-electron chi connectivity index (χ4n) is 5.70. The summed E-state index contributed by atoms with van der Waals surface area (Å²) in [6, 6.07) is 6.80. The third kappa shape index (κ3) is 2.18. The molecule has 2 aliphatic carbocycles. The van der Waals surface area contributed by atoms with Crippen LogP contribution in [-0.4, -0.2) is 29.1 Å². The van der Waals surface area contributed by atoms with Crippen molar-refractivity contribution >= 4 is 0 Å². The van der Waals surface area contributed by atoms with Gasteiger partial charge in [-0.05, 0) is 55.7 Å². The summed E-state index contributed by atoms with van der Waals surface area (Å²) >= 11 is 0. The summed E-state index contributed by atoms with van der Waals surface area (Å²) in [5, 5.41) is 10.6. The highest BCUT2D eigenvalue weighted by Crippen LogP contribution is 2.55. The molecular weight excluding hydrogens is 282 g/mol. The number of benzene rings is 1. The van der Waals surface area contributed by atoms with Crippen molar-refractivity contribution in [2.75, 3.05) is 13.1 Å². The molecule has 1 N–H and O–H groups in total. The number of nitrogens with zero attached hydrogens (tertiary/aromatic N) is 1. The fraction of sp³-hybridized carbons (Fsp3) is 0.619. The van der Waals surface area contributed by atoms with Crippen LogP contribution in [0.1, 0.15) is 50.7 Å². The Hall–Kier alpha value is -1.28. The third-order valence-electron chi connectivity index (χ3n) is 7.00. The highest BCUT2D eigenvalue weighted by molar-refractivity contribution is 5.49. The molecule has 2 nitrogen and oxygen atoms in total. The first kappa shape index (κ1) is 15.3. The van der Waals surface area contributed by atoms with E-state index in [0.717, 1.165) is 18.8 Å². The van der Waals surface area contributed by atoms with Gasteiger partial charge >= 0.3 is 0 Å². The molecule has 1 aliphatic heterocycles. The van der Waals surface area contributed by atoms with Gasteiger partial charge in [-0.2, -0.15) is 0 Å². The van der Waals surface area contributed by atoms with Gasteiger partial charge in [-0.15, -0.1) is 0 Å². The summed E-state index contributed by atoms with van der Waals surface area (Å²) in [5.74, 6) is 1.94. The third-order valence-corrected chi connectivity index (χ3v) is 7.00. The second-order valence-corrected chi connectivity index (χ2v) is 7.91. The molecule has 2 heteroatoms. The molecule has 2 bridgehead atoms. The minimum Gasteiger partial charge on any atom is -0.508 e. The average Bonchev–Trinajstić information content (AvgIpc) is 3.24. The maximum Gasteiger partial charge on any atom is 0.119 e. The van der Waals surface area contributed by atoms with Crippen LogP contribution in [0.25, 0.3) is 0 Å². The average molecular weight is 311 g/mol. The molecule has 4 unspecified atom stereocenters. The molecule has 0 radical (unpaired) electrons. The van der Waals surface area contributed by atoms with Gasteiger partial charge in [-0.25, -0.2) is 0 Å².